The van der Waals surface area contributed by atoms with Crippen LogP contribution in [-0.2, 0) is 6.54 Å². The molecule has 1 aromatic rings. The summed E-state index contributed by atoms with van der Waals surface area (Å²) >= 11 is 5.62. The molecule has 0 aliphatic rings. The van der Waals surface area contributed by atoms with Crippen molar-refractivity contribution in [3.8, 4) is 5.75 Å². The van der Waals surface area contributed by atoms with Crippen LogP contribution in [0.2, 0.25) is 0 Å². The topological polar surface area (TPSA) is 21.3 Å². The minimum Gasteiger partial charge on any atom is -0.497 e. The number of rotatable bonds is 5. The molecule has 2 nitrogen and oxygen atoms in total. The van der Waals surface area contributed by atoms with Gasteiger partial charge in [0.2, 0.25) is 0 Å². The van der Waals surface area contributed by atoms with Gasteiger partial charge in [-0.25, -0.2) is 0 Å². The maximum atomic E-state index is 5.62. The van der Waals surface area contributed by atoms with Crippen molar-refractivity contribution in [1.29, 1.82) is 0 Å². The summed E-state index contributed by atoms with van der Waals surface area (Å²) in [6.07, 6.45) is 0. The van der Waals surface area contributed by atoms with E-state index in [0.717, 1.165) is 12.3 Å². The molecule has 0 aromatic heterocycles. The highest BCUT2D eigenvalue weighted by Gasteiger charge is 1.95. The van der Waals surface area contributed by atoms with Crippen LogP contribution in [0.1, 0.15) is 5.56 Å². The summed E-state index contributed by atoms with van der Waals surface area (Å²) in [5, 5.41) is 3.78. The third-order valence-corrected chi connectivity index (χ3v) is 1.91. The van der Waals surface area contributed by atoms with Crippen LogP contribution in [0.15, 0.2) is 35.9 Å². The number of ether oxygens (including phenoxy) is 1. The summed E-state index contributed by atoms with van der Waals surface area (Å²) in [5.74, 6) is 0.869. The average molecular weight is 212 g/mol. The molecule has 1 aromatic carbocycles. The van der Waals surface area contributed by atoms with Crippen molar-refractivity contribution in [2.24, 2.45) is 0 Å². The van der Waals surface area contributed by atoms with Crippen molar-refractivity contribution >= 4 is 11.6 Å². The second-order valence-electron chi connectivity index (χ2n) is 2.97. The van der Waals surface area contributed by atoms with E-state index >= 15 is 0 Å². The summed E-state index contributed by atoms with van der Waals surface area (Å²) in [7, 11) is 1.66. The normalized spacial score (nSPS) is 9.86. The van der Waals surface area contributed by atoms with Crippen LogP contribution in [0, 0.1) is 0 Å². The Morgan fingerprint density at radius 3 is 3.00 bits per heavy atom. The number of methoxy groups -OCH3 is 1. The summed E-state index contributed by atoms with van der Waals surface area (Å²) < 4.78 is 5.11. The Morgan fingerprint density at radius 1 is 1.57 bits per heavy atom. The Labute approximate surface area is 89.5 Å². The van der Waals surface area contributed by atoms with Gasteiger partial charge in [-0.2, -0.15) is 0 Å². The van der Waals surface area contributed by atoms with Crippen LogP contribution in [-0.4, -0.2) is 13.7 Å². The first-order valence-electron chi connectivity index (χ1n) is 4.39. The molecule has 0 spiro atoms. The molecule has 0 fully saturated rings. The zero-order valence-electron chi connectivity index (χ0n) is 8.22. The number of hydrogen-bond donors (Lipinski definition) is 1. The lowest BCUT2D eigenvalue weighted by atomic mass is 10.2. The lowest BCUT2D eigenvalue weighted by molar-refractivity contribution is 0.414. The first-order valence-corrected chi connectivity index (χ1v) is 4.77. The minimum atomic E-state index is 0.618. The molecule has 0 aliphatic carbocycles. The fourth-order valence-corrected chi connectivity index (χ4v) is 1.22. The smallest absolute Gasteiger partial charge is 0.119 e. The number of halogens is 1. The van der Waals surface area contributed by atoms with Crippen LogP contribution in [0.25, 0.3) is 0 Å². The van der Waals surface area contributed by atoms with Crippen LogP contribution >= 0.6 is 11.6 Å². The highest BCUT2D eigenvalue weighted by atomic mass is 35.5. The largest absolute Gasteiger partial charge is 0.497 e. The van der Waals surface area contributed by atoms with Crippen molar-refractivity contribution in [3.63, 3.8) is 0 Å². The molecule has 0 heterocycles. The number of hydrogen-bond acceptors (Lipinski definition) is 2. The van der Waals surface area contributed by atoms with E-state index in [0.29, 0.717) is 11.6 Å². The second-order valence-corrected chi connectivity index (χ2v) is 3.51. The van der Waals surface area contributed by atoms with E-state index < -0.39 is 0 Å². The third kappa shape index (κ3) is 3.81. The molecule has 76 valence electrons. The Hall–Kier alpha value is -0.990. The Morgan fingerprint density at radius 2 is 2.36 bits per heavy atom. The fourth-order valence-electron chi connectivity index (χ4n) is 1.12. The number of nitrogens with one attached hydrogen (secondary N) is 1. The zero-order valence-corrected chi connectivity index (χ0v) is 8.97. The fraction of sp³-hybridized carbons (Fsp3) is 0.273. The van der Waals surface area contributed by atoms with Gasteiger partial charge in [-0.15, -0.1) is 0 Å². The molecule has 3 heteroatoms. The standard InChI is InChI=1S/C11H14ClNO/c1-9(12)7-13-8-10-4-3-5-11(6-10)14-2/h3-6,13H,1,7-8H2,2H3. The first kappa shape index (κ1) is 11.1. The van der Waals surface area contributed by atoms with Crippen LogP contribution < -0.4 is 10.1 Å². The predicted octanol–water partition coefficient (Wildman–Crippen LogP) is 2.54. The van der Waals surface area contributed by atoms with E-state index in [1.165, 1.54) is 5.56 Å². The zero-order chi connectivity index (χ0) is 10.4. The van der Waals surface area contributed by atoms with Crippen molar-refractivity contribution in [3.05, 3.63) is 41.4 Å². The van der Waals surface area contributed by atoms with Crippen molar-refractivity contribution in [1.82, 2.24) is 5.32 Å². The van der Waals surface area contributed by atoms with Crippen molar-refractivity contribution in [2.75, 3.05) is 13.7 Å². The van der Waals surface area contributed by atoms with Gasteiger partial charge in [0.1, 0.15) is 5.75 Å². The first-order chi connectivity index (χ1) is 6.72. The van der Waals surface area contributed by atoms with Gasteiger partial charge in [0.05, 0.1) is 7.11 Å². The summed E-state index contributed by atoms with van der Waals surface area (Å²) in [6.45, 7) is 4.99. The summed E-state index contributed by atoms with van der Waals surface area (Å²) in [4.78, 5) is 0. The van der Waals surface area contributed by atoms with Crippen LogP contribution in [0.5, 0.6) is 5.75 Å². The quantitative estimate of drug-likeness (QED) is 0.808. The molecular formula is C11H14ClNO. The van der Waals surface area contributed by atoms with Crippen LogP contribution in [0.3, 0.4) is 0 Å². The van der Waals surface area contributed by atoms with Gasteiger partial charge in [-0.3, -0.25) is 0 Å². The average Bonchev–Trinajstić information content (AvgIpc) is 2.18. The van der Waals surface area contributed by atoms with Gasteiger partial charge in [0.25, 0.3) is 0 Å². The van der Waals surface area contributed by atoms with Gasteiger partial charge in [0, 0.05) is 18.1 Å². The van der Waals surface area contributed by atoms with Gasteiger partial charge in [0.15, 0.2) is 0 Å². The van der Waals surface area contributed by atoms with E-state index in [-0.39, 0.29) is 0 Å². The minimum absolute atomic E-state index is 0.618. The predicted molar refractivity (Wildman–Crippen MR) is 59.7 cm³/mol. The maximum absolute atomic E-state index is 5.62. The van der Waals surface area contributed by atoms with E-state index in [9.17, 15) is 0 Å². The van der Waals surface area contributed by atoms with Gasteiger partial charge >= 0.3 is 0 Å². The number of benzene rings is 1. The second kappa shape index (κ2) is 5.68. The van der Waals surface area contributed by atoms with E-state index in [1.54, 1.807) is 7.11 Å². The van der Waals surface area contributed by atoms with E-state index in [1.807, 2.05) is 24.3 Å². The SMILES string of the molecule is C=C(Cl)CNCc1cccc(OC)c1. The monoisotopic (exact) mass is 211 g/mol. The Bertz CT molecular complexity index is 312. The summed E-state index contributed by atoms with van der Waals surface area (Å²) in [6, 6.07) is 7.91. The molecule has 1 rings (SSSR count). The molecule has 0 saturated carbocycles. The molecule has 0 atom stereocenters. The lowest BCUT2D eigenvalue weighted by Crippen LogP contribution is -2.14. The molecule has 0 amide bonds. The molecule has 0 bridgehead atoms. The van der Waals surface area contributed by atoms with Gasteiger partial charge < -0.3 is 10.1 Å². The molecule has 0 saturated heterocycles. The van der Waals surface area contributed by atoms with Crippen molar-refractivity contribution < 1.29 is 4.74 Å². The van der Waals surface area contributed by atoms with Crippen LogP contribution in [0.4, 0.5) is 0 Å². The van der Waals surface area contributed by atoms with Crippen molar-refractivity contribution in [2.45, 2.75) is 6.54 Å². The third-order valence-electron chi connectivity index (χ3n) is 1.78. The highest BCUT2D eigenvalue weighted by molar-refractivity contribution is 6.29. The molecule has 0 aliphatic heterocycles. The Kier molecular flexibility index (Phi) is 4.50. The molecular weight excluding hydrogens is 198 g/mol. The Balaban J connectivity index is 2.46. The molecule has 1 N–H and O–H groups in total. The highest BCUT2D eigenvalue weighted by Crippen LogP contribution is 2.12. The molecule has 0 unspecified atom stereocenters. The molecule has 0 radical (unpaired) electrons. The van der Waals surface area contributed by atoms with Gasteiger partial charge in [-0.05, 0) is 17.7 Å². The van der Waals surface area contributed by atoms with Gasteiger partial charge in [-0.1, -0.05) is 30.3 Å². The van der Waals surface area contributed by atoms with E-state index in [2.05, 4.69) is 11.9 Å². The molecule has 14 heavy (non-hydrogen) atoms. The lowest BCUT2D eigenvalue weighted by Gasteiger charge is -2.05. The maximum Gasteiger partial charge on any atom is 0.119 e. The summed E-state index contributed by atoms with van der Waals surface area (Å²) in [5.41, 5.74) is 1.17. The van der Waals surface area contributed by atoms with E-state index in [4.69, 9.17) is 16.3 Å².